The van der Waals surface area contributed by atoms with E-state index in [0.29, 0.717) is 34.9 Å². The maximum absolute atomic E-state index is 12.5. The smallest absolute Gasteiger partial charge is 0.406 e. The number of amides is 1. The quantitative estimate of drug-likeness (QED) is 0.662. The third-order valence-electron chi connectivity index (χ3n) is 4.98. The van der Waals surface area contributed by atoms with Gasteiger partial charge in [-0.05, 0) is 42.5 Å². The highest BCUT2D eigenvalue weighted by Gasteiger charge is 2.31. The summed E-state index contributed by atoms with van der Waals surface area (Å²) >= 11 is 0. The summed E-state index contributed by atoms with van der Waals surface area (Å²) in [6.45, 7) is 0. The van der Waals surface area contributed by atoms with Gasteiger partial charge in [0, 0.05) is 18.8 Å². The number of ether oxygens (including phenoxy) is 1. The van der Waals surface area contributed by atoms with E-state index in [2.05, 4.69) is 20.1 Å². The maximum atomic E-state index is 12.5. The zero-order valence-electron chi connectivity index (χ0n) is 15.4. The van der Waals surface area contributed by atoms with E-state index >= 15 is 0 Å². The fourth-order valence-corrected chi connectivity index (χ4v) is 3.72. The number of rotatable bonds is 5. The van der Waals surface area contributed by atoms with E-state index in [1.54, 1.807) is 18.5 Å². The molecular formula is C20H19F3N4O2. The number of fused-ring (bicyclic) bond motifs is 1. The molecule has 0 saturated heterocycles. The Hall–Kier alpha value is -3.10. The summed E-state index contributed by atoms with van der Waals surface area (Å²) in [4.78, 5) is 16.8. The zero-order valence-corrected chi connectivity index (χ0v) is 15.4. The van der Waals surface area contributed by atoms with E-state index in [1.807, 2.05) is 0 Å². The second-order valence-electron chi connectivity index (χ2n) is 7.09. The minimum absolute atomic E-state index is 0.126. The fraction of sp³-hybridized carbons (Fsp3) is 0.350. The average molecular weight is 404 g/mol. The molecule has 3 aromatic rings. The molecule has 0 aliphatic heterocycles. The van der Waals surface area contributed by atoms with E-state index in [4.69, 9.17) is 0 Å². The SMILES string of the molecule is O=C(CC1CCCC1)Nc1nn2cccnc2c1-c1ccc(OC(F)(F)F)cc1. The van der Waals surface area contributed by atoms with Crippen molar-refractivity contribution in [3.05, 3.63) is 42.7 Å². The second kappa shape index (κ2) is 7.73. The van der Waals surface area contributed by atoms with Gasteiger partial charge in [-0.1, -0.05) is 25.0 Å². The molecule has 0 atom stereocenters. The molecule has 0 bridgehead atoms. The van der Waals surface area contributed by atoms with Crippen LogP contribution in [0.15, 0.2) is 42.7 Å². The molecule has 9 heteroatoms. The molecule has 0 spiro atoms. The monoisotopic (exact) mass is 404 g/mol. The summed E-state index contributed by atoms with van der Waals surface area (Å²) in [6, 6.07) is 7.12. The highest BCUT2D eigenvalue weighted by Crippen LogP contribution is 2.34. The molecule has 1 N–H and O–H groups in total. The number of nitrogens with one attached hydrogen (secondary N) is 1. The van der Waals surface area contributed by atoms with E-state index in [-0.39, 0.29) is 11.7 Å². The number of anilines is 1. The average Bonchev–Trinajstić information content (AvgIpc) is 3.28. The summed E-state index contributed by atoms with van der Waals surface area (Å²) < 4.78 is 42.7. The Morgan fingerprint density at radius 3 is 2.62 bits per heavy atom. The van der Waals surface area contributed by atoms with Crippen LogP contribution in [-0.4, -0.2) is 26.9 Å². The van der Waals surface area contributed by atoms with Crippen molar-refractivity contribution in [2.45, 2.75) is 38.5 Å². The molecule has 152 valence electrons. The molecule has 1 amide bonds. The number of nitrogens with zero attached hydrogens (tertiary/aromatic N) is 3. The molecule has 0 radical (unpaired) electrons. The Kier molecular flexibility index (Phi) is 5.12. The molecule has 0 unspecified atom stereocenters. The van der Waals surface area contributed by atoms with Gasteiger partial charge in [0.15, 0.2) is 11.5 Å². The van der Waals surface area contributed by atoms with Gasteiger partial charge in [-0.15, -0.1) is 18.3 Å². The van der Waals surface area contributed by atoms with Gasteiger partial charge in [0.25, 0.3) is 0 Å². The van der Waals surface area contributed by atoms with Crippen LogP contribution < -0.4 is 10.1 Å². The van der Waals surface area contributed by atoms with Crippen molar-refractivity contribution in [3.8, 4) is 16.9 Å². The van der Waals surface area contributed by atoms with Crippen molar-refractivity contribution < 1.29 is 22.7 Å². The van der Waals surface area contributed by atoms with Crippen molar-refractivity contribution in [1.82, 2.24) is 14.6 Å². The minimum Gasteiger partial charge on any atom is -0.406 e. The molecule has 6 nitrogen and oxygen atoms in total. The van der Waals surface area contributed by atoms with Crippen molar-refractivity contribution in [3.63, 3.8) is 0 Å². The zero-order chi connectivity index (χ0) is 20.4. The van der Waals surface area contributed by atoms with Crippen LogP contribution in [0.2, 0.25) is 0 Å². The summed E-state index contributed by atoms with van der Waals surface area (Å²) in [5.74, 6) is 0.264. The predicted octanol–water partition coefficient (Wildman–Crippen LogP) is 4.81. The maximum Gasteiger partial charge on any atom is 0.573 e. The number of hydrogen-bond donors (Lipinski definition) is 1. The number of hydrogen-bond acceptors (Lipinski definition) is 4. The lowest BCUT2D eigenvalue weighted by Gasteiger charge is -2.11. The first-order valence-electron chi connectivity index (χ1n) is 9.38. The van der Waals surface area contributed by atoms with Gasteiger partial charge in [-0.3, -0.25) is 4.79 Å². The molecule has 1 aliphatic carbocycles. The lowest BCUT2D eigenvalue weighted by atomic mass is 10.0. The van der Waals surface area contributed by atoms with Crippen molar-refractivity contribution >= 4 is 17.4 Å². The van der Waals surface area contributed by atoms with Crippen LogP contribution in [0.5, 0.6) is 5.75 Å². The van der Waals surface area contributed by atoms with E-state index in [1.165, 1.54) is 28.8 Å². The molecule has 1 fully saturated rings. The number of carbonyl (C=O) groups excluding carboxylic acids is 1. The lowest BCUT2D eigenvalue weighted by Crippen LogP contribution is -2.17. The van der Waals surface area contributed by atoms with Crippen LogP contribution in [0, 0.1) is 5.92 Å². The van der Waals surface area contributed by atoms with Crippen LogP contribution >= 0.6 is 0 Å². The first kappa shape index (κ1) is 19.2. The van der Waals surface area contributed by atoms with Crippen LogP contribution in [-0.2, 0) is 4.79 Å². The number of halogens is 3. The molecular weight excluding hydrogens is 385 g/mol. The Bertz CT molecular complexity index is 1010. The Labute approximate surface area is 164 Å². The van der Waals surface area contributed by atoms with Crippen LogP contribution in [0.4, 0.5) is 19.0 Å². The highest BCUT2D eigenvalue weighted by molar-refractivity contribution is 5.97. The van der Waals surface area contributed by atoms with Crippen LogP contribution in [0.25, 0.3) is 16.8 Å². The summed E-state index contributed by atoms with van der Waals surface area (Å²) in [6.07, 6.45) is 3.35. The van der Waals surface area contributed by atoms with Gasteiger partial charge in [-0.2, -0.15) is 0 Å². The van der Waals surface area contributed by atoms with Crippen molar-refractivity contribution in [2.75, 3.05) is 5.32 Å². The van der Waals surface area contributed by atoms with Crippen molar-refractivity contribution in [2.24, 2.45) is 5.92 Å². The Morgan fingerprint density at radius 1 is 1.21 bits per heavy atom. The first-order valence-corrected chi connectivity index (χ1v) is 9.38. The first-order chi connectivity index (χ1) is 13.9. The van der Waals surface area contributed by atoms with Gasteiger partial charge in [-0.25, -0.2) is 9.50 Å². The van der Waals surface area contributed by atoms with Gasteiger partial charge < -0.3 is 10.1 Å². The number of carbonyl (C=O) groups is 1. The normalized spacial score (nSPS) is 15.0. The molecule has 1 aromatic carbocycles. The van der Waals surface area contributed by atoms with E-state index in [0.717, 1.165) is 25.7 Å². The van der Waals surface area contributed by atoms with E-state index in [9.17, 15) is 18.0 Å². The Morgan fingerprint density at radius 2 is 1.93 bits per heavy atom. The molecule has 1 saturated carbocycles. The summed E-state index contributed by atoms with van der Waals surface area (Å²) in [7, 11) is 0. The van der Waals surface area contributed by atoms with Crippen LogP contribution in [0.3, 0.4) is 0 Å². The third kappa shape index (κ3) is 4.49. The number of alkyl halides is 3. The van der Waals surface area contributed by atoms with Gasteiger partial charge in [0.05, 0.1) is 5.56 Å². The molecule has 2 heterocycles. The summed E-state index contributed by atoms with van der Waals surface area (Å²) in [5.41, 5.74) is 1.61. The predicted molar refractivity (Wildman–Crippen MR) is 100 cm³/mol. The number of benzene rings is 1. The number of aromatic nitrogens is 3. The standard InChI is InChI=1S/C20H19F3N4O2/c21-20(22,23)29-15-8-6-14(7-9-15)17-18(26-27-11-3-10-24-19(17)27)25-16(28)12-13-4-1-2-5-13/h3,6-11,13H,1-2,4-5,12H2,(H,25,26,28). The van der Waals surface area contributed by atoms with Crippen LogP contribution in [0.1, 0.15) is 32.1 Å². The molecule has 4 rings (SSSR count). The lowest BCUT2D eigenvalue weighted by molar-refractivity contribution is -0.274. The second-order valence-corrected chi connectivity index (χ2v) is 7.09. The topological polar surface area (TPSA) is 68.5 Å². The minimum atomic E-state index is -4.76. The largest absolute Gasteiger partial charge is 0.573 e. The van der Waals surface area contributed by atoms with Crippen molar-refractivity contribution in [1.29, 1.82) is 0 Å². The summed E-state index contributed by atoms with van der Waals surface area (Å²) in [5, 5.41) is 7.25. The van der Waals surface area contributed by atoms with Gasteiger partial charge >= 0.3 is 6.36 Å². The molecule has 29 heavy (non-hydrogen) atoms. The molecule has 2 aromatic heterocycles. The fourth-order valence-electron chi connectivity index (χ4n) is 3.72. The van der Waals surface area contributed by atoms with Gasteiger partial charge in [0.1, 0.15) is 5.75 Å². The van der Waals surface area contributed by atoms with Gasteiger partial charge in [0.2, 0.25) is 5.91 Å². The highest BCUT2D eigenvalue weighted by atomic mass is 19.4. The molecule has 1 aliphatic rings. The Balaban J connectivity index is 1.63. The third-order valence-corrected chi connectivity index (χ3v) is 4.98. The van der Waals surface area contributed by atoms with E-state index < -0.39 is 6.36 Å².